The van der Waals surface area contributed by atoms with E-state index in [1.165, 1.54) is 36.9 Å². The van der Waals surface area contributed by atoms with Crippen molar-refractivity contribution in [1.29, 1.82) is 0 Å². The molecule has 8 nitrogen and oxygen atoms in total. The molecule has 1 aromatic carbocycles. The minimum atomic E-state index is -0.549. The number of likely N-dealkylation sites (N-methyl/N-ethyl adjacent to an activating group) is 1. The first-order valence-corrected chi connectivity index (χ1v) is 9.40. The van der Waals surface area contributed by atoms with Gasteiger partial charge in [-0.15, -0.1) is 0 Å². The lowest BCUT2D eigenvalue weighted by atomic mass is 10.2. The van der Waals surface area contributed by atoms with Gasteiger partial charge in [-0.2, -0.15) is 0 Å². The molecule has 0 aliphatic carbocycles. The Bertz CT molecular complexity index is 995. The van der Waals surface area contributed by atoms with Crippen molar-refractivity contribution >= 4 is 34.9 Å². The van der Waals surface area contributed by atoms with Crippen molar-refractivity contribution in [1.82, 2.24) is 4.90 Å². The average Bonchev–Trinajstić information content (AvgIpc) is 3.32. The number of methoxy groups -OCH3 is 2. The maximum absolute atomic E-state index is 12.3. The number of carbonyl (C=O) groups excluding carboxylic acids is 2. The van der Waals surface area contributed by atoms with Crippen molar-refractivity contribution < 1.29 is 28.2 Å². The van der Waals surface area contributed by atoms with Crippen molar-refractivity contribution in [2.75, 3.05) is 28.3 Å². The Morgan fingerprint density at radius 1 is 1.24 bits per heavy atom. The first kappa shape index (κ1) is 20.5. The molecule has 0 saturated carbocycles. The summed E-state index contributed by atoms with van der Waals surface area (Å²) < 4.78 is 21.1. The number of amides is 1. The maximum Gasteiger partial charge on any atom is 0.373 e. The van der Waals surface area contributed by atoms with Crippen LogP contribution in [0.25, 0.3) is 6.08 Å². The van der Waals surface area contributed by atoms with Gasteiger partial charge in [-0.3, -0.25) is 14.7 Å². The molecule has 1 aliphatic rings. The fourth-order valence-electron chi connectivity index (χ4n) is 2.61. The Balaban J connectivity index is 1.74. The van der Waals surface area contributed by atoms with Crippen molar-refractivity contribution in [2.45, 2.75) is 6.61 Å². The Morgan fingerprint density at radius 3 is 2.69 bits per heavy atom. The van der Waals surface area contributed by atoms with Crippen LogP contribution in [0.5, 0.6) is 11.5 Å². The number of nitrogens with zero attached hydrogens (tertiary/aromatic N) is 2. The van der Waals surface area contributed by atoms with Gasteiger partial charge in [0, 0.05) is 14.1 Å². The Kier molecular flexibility index (Phi) is 6.28. The van der Waals surface area contributed by atoms with Gasteiger partial charge in [0.2, 0.25) is 5.76 Å². The molecule has 2 heterocycles. The van der Waals surface area contributed by atoms with E-state index in [-0.39, 0.29) is 18.3 Å². The summed E-state index contributed by atoms with van der Waals surface area (Å²) in [5.74, 6) is 0.942. The number of hydrogen-bond acceptors (Lipinski definition) is 8. The largest absolute Gasteiger partial charge is 0.493 e. The van der Waals surface area contributed by atoms with Crippen LogP contribution in [0.1, 0.15) is 21.9 Å². The highest BCUT2D eigenvalue weighted by molar-refractivity contribution is 8.18. The van der Waals surface area contributed by atoms with Gasteiger partial charge in [0.1, 0.15) is 12.4 Å². The lowest BCUT2D eigenvalue weighted by Crippen LogP contribution is -2.23. The highest BCUT2D eigenvalue weighted by atomic mass is 32.2. The summed E-state index contributed by atoms with van der Waals surface area (Å²) in [5, 5.41) is 0.651. The Hall–Kier alpha value is -3.20. The molecule has 3 rings (SSSR count). The molecule has 29 heavy (non-hydrogen) atoms. The van der Waals surface area contributed by atoms with Crippen LogP contribution in [-0.2, 0) is 16.1 Å². The lowest BCUT2D eigenvalue weighted by molar-refractivity contribution is -0.121. The molecule has 0 radical (unpaired) electrons. The number of furan rings is 1. The molecule has 0 bridgehead atoms. The van der Waals surface area contributed by atoms with Gasteiger partial charge in [0.25, 0.3) is 5.91 Å². The second kappa shape index (κ2) is 8.87. The molecule has 9 heteroatoms. The number of rotatable bonds is 6. The number of hydrogen-bond donors (Lipinski definition) is 0. The van der Waals surface area contributed by atoms with Crippen molar-refractivity contribution in [3.8, 4) is 11.5 Å². The minimum absolute atomic E-state index is 0.103. The molecule has 0 unspecified atom stereocenters. The summed E-state index contributed by atoms with van der Waals surface area (Å²) in [5.41, 5.74) is 0.793. The number of carbonyl (C=O) groups is 2. The highest BCUT2D eigenvalue weighted by Gasteiger charge is 2.29. The quantitative estimate of drug-likeness (QED) is 0.528. The van der Waals surface area contributed by atoms with Crippen LogP contribution >= 0.6 is 11.8 Å². The molecule has 1 amide bonds. The van der Waals surface area contributed by atoms with Crippen LogP contribution in [0.3, 0.4) is 0 Å². The third kappa shape index (κ3) is 4.45. The molecule has 1 aliphatic heterocycles. The van der Waals surface area contributed by atoms with Crippen LogP contribution in [0, 0.1) is 0 Å². The van der Waals surface area contributed by atoms with E-state index in [1.54, 1.807) is 38.4 Å². The van der Waals surface area contributed by atoms with Gasteiger partial charge in [0.15, 0.2) is 16.7 Å². The van der Waals surface area contributed by atoms with Gasteiger partial charge in [0.05, 0.1) is 19.1 Å². The molecule has 1 saturated heterocycles. The number of esters is 1. The van der Waals surface area contributed by atoms with Gasteiger partial charge in [-0.25, -0.2) is 4.79 Å². The second-order valence-corrected chi connectivity index (χ2v) is 6.95. The highest BCUT2D eigenvalue weighted by Crippen LogP contribution is 2.34. The smallest absolute Gasteiger partial charge is 0.373 e. The summed E-state index contributed by atoms with van der Waals surface area (Å²) in [6.45, 7) is 0.114. The monoisotopic (exact) mass is 416 g/mol. The maximum atomic E-state index is 12.3. The van der Waals surface area contributed by atoms with E-state index in [0.717, 1.165) is 5.56 Å². The Morgan fingerprint density at radius 2 is 2.03 bits per heavy atom. The van der Waals surface area contributed by atoms with Gasteiger partial charge < -0.3 is 18.6 Å². The zero-order valence-corrected chi connectivity index (χ0v) is 17.2. The topological polar surface area (TPSA) is 90.6 Å². The summed E-state index contributed by atoms with van der Waals surface area (Å²) in [6, 6.07) is 8.51. The molecule has 2 aromatic rings. The second-order valence-electron chi connectivity index (χ2n) is 5.94. The van der Waals surface area contributed by atoms with Crippen LogP contribution in [0.15, 0.2) is 44.6 Å². The molecule has 1 fully saturated rings. The zero-order chi connectivity index (χ0) is 21.0. The van der Waals surface area contributed by atoms with E-state index >= 15 is 0 Å². The molecular formula is C20H20N2O6S. The average molecular weight is 416 g/mol. The standard InChI is InChI=1S/C20H20N2O6S/c1-21-20-22(2)18(23)17(29-20)10-12-5-7-14(16(9-12)25-3)27-11-13-6-8-15(28-13)19(24)26-4/h5-10H,11H2,1-4H3. The van der Waals surface area contributed by atoms with Crippen molar-refractivity contribution in [3.05, 3.63) is 52.3 Å². The van der Waals surface area contributed by atoms with E-state index in [0.29, 0.717) is 27.3 Å². The minimum Gasteiger partial charge on any atom is -0.493 e. The molecule has 152 valence electrons. The van der Waals surface area contributed by atoms with E-state index in [4.69, 9.17) is 13.9 Å². The zero-order valence-electron chi connectivity index (χ0n) is 16.4. The molecule has 0 N–H and O–H groups in total. The van der Waals surface area contributed by atoms with Gasteiger partial charge >= 0.3 is 5.97 Å². The molecule has 0 spiro atoms. The molecular weight excluding hydrogens is 396 g/mol. The fraction of sp³-hybridized carbons (Fsp3) is 0.250. The van der Waals surface area contributed by atoms with Crippen LogP contribution in [0.2, 0.25) is 0 Å². The predicted molar refractivity (Wildman–Crippen MR) is 109 cm³/mol. The third-order valence-corrected chi connectivity index (χ3v) is 5.25. The molecule has 1 aromatic heterocycles. The lowest BCUT2D eigenvalue weighted by Gasteiger charge is -2.10. The number of benzene rings is 1. The van der Waals surface area contributed by atoms with E-state index in [2.05, 4.69) is 9.73 Å². The third-order valence-electron chi connectivity index (χ3n) is 4.10. The van der Waals surface area contributed by atoms with E-state index in [1.807, 2.05) is 6.07 Å². The van der Waals surface area contributed by atoms with Gasteiger partial charge in [-0.05, 0) is 47.7 Å². The van der Waals surface area contributed by atoms with Crippen molar-refractivity contribution in [3.63, 3.8) is 0 Å². The first-order valence-electron chi connectivity index (χ1n) is 8.59. The fourth-order valence-corrected chi connectivity index (χ4v) is 3.54. The summed E-state index contributed by atoms with van der Waals surface area (Å²) in [6.07, 6.45) is 1.78. The first-order chi connectivity index (χ1) is 14.0. The normalized spacial score (nSPS) is 16.6. The summed E-state index contributed by atoms with van der Waals surface area (Å²) in [4.78, 5) is 29.9. The SMILES string of the molecule is CN=C1SC(=Cc2ccc(OCc3ccc(C(=O)OC)o3)c(OC)c2)C(=O)N1C. The van der Waals surface area contributed by atoms with Crippen LogP contribution in [0.4, 0.5) is 0 Å². The van der Waals surface area contributed by atoms with Crippen LogP contribution in [-0.4, -0.2) is 50.3 Å². The number of ether oxygens (including phenoxy) is 3. The number of thioether (sulfide) groups is 1. The summed E-state index contributed by atoms with van der Waals surface area (Å²) in [7, 11) is 6.16. The van der Waals surface area contributed by atoms with E-state index < -0.39 is 5.97 Å². The van der Waals surface area contributed by atoms with Crippen molar-refractivity contribution in [2.24, 2.45) is 4.99 Å². The number of aliphatic imine (C=N–C) groups is 1. The number of amidine groups is 1. The van der Waals surface area contributed by atoms with E-state index in [9.17, 15) is 9.59 Å². The predicted octanol–water partition coefficient (Wildman–Crippen LogP) is 3.19. The van der Waals surface area contributed by atoms with Crippen LogP contribution < -0.4 is 9.47 Å². The Labute approximate surface area is 172 Å². The summed E-state index contributed by atoms with van der Waals surface area (Å²) >= 11 is 1.32. The van der Waals surface area contributed by atoms with Gasteiger partial charge in [-0.1, -0.05) is 6.07 Å². The molecule has 0 atom stereocenters.